The van der Waals surface area contributed by atoms with Crippen LogP contribution in [0.25, 0.3) is 0 Å². The molecule has 2 rings (SSSR count). The summed E-state index contributed by atoms with van der Waals surface area (Å²) in [7, 11) is 1.54. The molecule has 0 amide bonds. The fraction of sp³-hybridized carbons (Fsp3) is 0.667. The van der Waals surface area contributed by atoms with Crippen LogP contribution in [-0.4, -0.2) is 52.0 Å². The Morgan fingerprint density at radius 3 is 3.06 bits per heavy atom. The Bertz CT molecular complexity index is 432. The number of nitrogens with one attached hydrogen (secondary N) is 1. The zero-order valence-corrected chi connectivity index (χ0v) is 10.8. The van der Waals surface area contributed by atoms with Crippen LogP contribution in [0.5, 0.6) is 0 Å². The van der Waals surface area contributed by atoms with Crippen molar-refractivity contribution in [2.75, 3.05) is 20.3 Å². The monoisotopic (exact) mass is 253 g/mol. The summed E-state index contributed by atoms with van der Waals surface area (Å²) in [5, 5.41) is 16.4. The molecule has 1 aromatic heterocycles. The smallest absolute Gasteiger partial charge is 0.326 e. The molecule has 1 unspecified atom stereocenters. The average Bonchev–Trinajstić information content (AvgIpc) is 2.89. The minimum absolute atomic E-state index is 0.218. The summed E-state index contributed by atoms with van der Waals surface area (Å²) in [6, 6.07) is 0. The third kappa shape index (κ3) is 2.13. The number of carboxylic acids is 1. The Hall–Kier alpha value is -1.40. The summed E-state index contributed by atoms with van der Waals surface area (Å²) in [6.07, 6.45) is 3.26. The number of aryl methyl sites for hydroxylation is 1. The molecule has 1 fully saturated rings. The highest BCUT2D eigenvalue weighted by Crippen LogP contribution is 2.31. The minimum atomic E-state index is -0.897. The minimum Gasteiger partial charge on any atom is -0.480 e. The van der Waals surface area contributed by atoms with Crippen molar-refractivity contribution in [2.45, 2.75) is 31.8 Å². The summed E-state index contributed by atoms with van der Waals surface area (Å²) in [6.45, 7) is 3.53. The van der Waals surface area contributed by atoms with Crippen LogP contribution in [0.4, 0.5) is 0 Å². The van der Waals surface area contributed by atoms with Crippen LogP contribution < -0.4 is 0 Å². The first-order valence-electron chi connectivity index (χ1n) is 6.06. The van der Waals surface area contributed by atoms with Gasteiger partial charge in [0.25, 0.3) is 0 Å². The molecule has 0 aliphatic carbocycles. The zero-order valence-electron chi connectivity index (χ0n) is 10.8. The van der Waals surface area contributed by atoms with E-state index >= 15 is 0 Å². The second kappa shape index (κ2) is 5.07. The van der Waals surface area contributed by atoms with Gasteiger partial charge in [-0.1, -0.05) is 0 Å². The number of carboxylic acid groups (broad SMARTS) is 1. The molecule has 6 nitrogen and oxygen atoms in total. The number of hydrogen-bond acceptors (Lipinski definition) is 4. The van der Waals surface area contributed by atoms with Gasteiger partial charge in [-0.2, -0.15) is 5.10 Å². The van der Waals surface area contributed by atoms with Crippen LogP contribution >= 0.6 is 0 Å². The molecule has 0 saturated carbocycles. The standard InChI is InChI=1S/C12H19N3O3/c1-9-6-13-14-10(9)7-15-5-3-4-12(15,8-18-2)11(16)17/h6H,3-5,7-8H2,1-2H3,(H,13,14)(H,16,17). The van der Waals surface area contributed by atoms with E-state index in [0.717, 1.165) is 24.2 Å². The van der Waals surface area contributed by atoms with Crippen molar-refractivity contribution in [3.63, 3.8) is 0 Å². The lowest BCUT2D eigenvalue weighted by atomic mass is 9.97. The molecule has 2 N–H and O–H groups in total. The third-order valence-corrected chi connectivity index (χ3v) is 3.69. The predicted molar refractivity (Wildman–Crippen MR) is 65.2 cm³/mol. The van der Waals surface area contributed by atoms with E-state index in [9.17, 15) is 9.90 Å². The highest BCUT2D eigenvalue weighted by molar-refractivity contribution is 5.79. The summed E-state index contributed by atoms with van der Waals surface area (Å²) < 4.78 is 5.12. The number of aromatic amines is 1. The Kier molecular flexibility index (Phi) is 3.68. The number of aliphatic carboxylic acids is 1. The molecule has 1 saturated heterocycles. The van der Waals surface area contributed by atoms with E-state index < -0.39 is 11.5 Å². The van der Waals surface area contributed by atoms with Gasteiger partial charge in [-0.05, 0) is 31.9 Å². The average molecular weight is 253 g/mol. The molecule has 1 aliphatic rings. The largest absolute Gasteiger partial charge is 0.480 e. The van der Waals surface area contributed by atoms with Crippen molar-refractivity contribution in [1.29, 1.82) is 0 Å². The van der Waals surface area contributed by atoms with Crippen LogP contribution in [0.2, 0.25) is 0 Å². The number of rotatable bonds is 5. The molecule has 1 aliphatic heterocycles. The fourth-order valence-corrected chi connectivity index (χ4v) is 2.60. The number of likely N-dealkylation sites (tertiary alicyclic amines) is 1. The Labute approximate surface area is 106 Å². The summed E-state index contributed by atoms with van der Waals surface area (Å²) >= 11 is 0. The maximum atomic E-state index is 11.6. The van der Waals surface area contributed by atoms with Gasteiger partial charge in [-0.3, -0.25) is 14.8 Å². The zero-order chi connectivity index (χ0) is 13.2. The summed E-state index contributed by atoms with van der Waals surface area (Å²) in [5.74, 6) is -0.806. The van der Waals surface area contributed by atoms with Crippen LogP contribution in [-0.2, 0) is 16.1 Å². The van der Waals surface area contributed by atoms with E-state index in [-0.39, 0.29) is 6.61 Å². The lowest BCUT2D eigenvalue weighted by Crippen LogP contribution is -2.53. The van der Waals surface area contributed by atoms with Gasteiger partial charge in [0.05, 0.1) is 18.5 Å². The van der Waals surface area contributed by atoms with Crippen molar-refractivity contribution >= 4 is 5.97 Å². The van der Waals surface area contributed by atoms with Gasteiger partial charge in [0.1, 0.15) is 5.54 Å². The van der Waals surface area contributed by atoms with E-state index in [1.807, 2.05) is 11.8 Å². The second-order valence-electron chi connectivity index (χ2n) is 4.83. The Balaban J connectivity index is 2.20. The quantitative estimate of drug-likeness (QED) is 0.811. The van der Waals surface area contributed by atoms with E-state index in [4.69, 9.17) is 4.74 Å². The van der Waals surface area contributed by atoms with Crippen LogP contribution in [0.3, 0.4) is 0 Å². The number of aromatic nitrogens is 2. The van der Waals surface area contributed by atoms with Gasteiger partial charge in [0.15, 0.2) is 0 Å². The summed E-state index contributed by atoms with van der Waals surface area (Å²) in [5.41, 5.74) is 1.13. The molecule has 100 valence electrons. The highest BCUT2D eigenvalue weighted by atomic mass is 16.5. The lowest BCUT2D eigenvalue weighted by molar-refractivity contribution is -0.153. The van der Waals surface area contributed by atoms with Gasteiger partial charge in [-0.15, -0.1) is 0 Å². The maximum absolute atomic E-state index is 11.6. The van der Waals surface area contributed by atoms with Gasteiger partial charge < -0.3 is 9.84 Å². The molecule has 2 heterocycles. The van der Waals surface area contributed by atoms with Gasteiger partial charge in [0.2, 0.25) is 0 Å². The molecular weight excluding hydrogens is 234 g/mol. The normalized spacial score (nSPS) is 24.6. The molecular formula is C12H19N3O3. The maximum Gasteiger partial charge on any atom is 0.326 e. The van der Waals surface area contributed by atoms with Crippen molar-refractivity contribution < 1.29 is 14.6 Å². The Morgan fingerprint density at radius 2 is 2.50 bits per heavy atom. The molecule has 1 aromatic rings. The van der Waals surface area contributed by atoms with Gasteiger partial charge in [-0.25, -0.2) is 0 Å². The van der Waals surface area contributed by atoms with Crippen LogP contribution in [0, 0.1) is 6.92 Å². The van der Waals surface area contributed by atoms with Crippen molar-refractivity contribution in [2.24, 2.45) is 0 Å². The third-order valence-electron chi connectivity index (χ3n) is 3.69. The number of methoxy groups -OCH3 is 1. The molecule has 18 heavy (non-hydrogen) atoms. The molecule has 6 heteroatoms. The van der Waals surface area contributed by atoms with Crippen LogP contribution in [0.1, 0.15) is 24.1 Å². The van der Waals surface area contributed by atoms with Gasteiger partial charge in [0, 0.05) is 13.7 Å². The number of H-pyrrole nitrogens is 1. The number of carbonyl (C=O) groups is 1. The SMILES string of the molecule is COCC1(C(=O)O)CCCN1Cc1[nH]ncc1C. The molecule has 0 radical (unpaired) electrons. The van der Waals surface area contributed by atoms with E-state index in [2.05, 4.69) is 10.2 Å². The highest BCUT2D eigenvalue weighted by Gasteiger charge is 2.47. The lowest BCUT2D eigenvalue weighted by Gasteiger charge is -2.33. The topological polar surface area (TPSA) is 78.5 Å². The van der Waals surface area contributed by atoms with Crippen LogP contribution in [0.15, 0.2) is 6.20 Å². The first kappa shape index (κ1) is 13.0. The second-order valence-corrected chi connectivity index (χ2v) is 4.83. The Morgan fingerprint density at radius 1 is 1.72 bits per heavy atom. The first-order valence-corrected chi connectivity index (χ1v) is 6.06. The van der Waals surface area contributed by atoms with E-state index in [1.165, 1.54) is 0 Å². The number of ether oxygens (including phenoxy) is 1. The van der Waals surface area contributed by atoms with E-state index in [0.29, 0.717) is 13.0 Å². The van der Waals surface area contributed by atoms with E-state index in [1.54, 1.807) is 13.3 Å². The number of nitrogens with zero attached hydrogens (tertiary/aromatic N) is 2. The van der Waals surface area contributed by atoms with Gasteiger partial charge >= 0.3 is 5.97 Å². The molecule has 0 spiro atoms. The fourth-order valence-electron chi connectivity index (χ4n) is 2.60. The summed E-state index contributed by atoms with van der Waals surface area (Å²) in [4.78, 5) is 13.6. The van der Waals surface area contributed by atoms with Crippen molar-refractivity contribution in [1.82, 2.24) is 15.1 Å². The first-order chi connectivity index (χ1) is 8.60. The predicted octanol–water partition coefficient (Wildman–Crippen LogP) is 0.784. The van der Waals surface area contributed by atoms with Crippen molar-refractivity contribution in [3.05, 3.63) is 17.5 Å². The molecule has 1 atom stereocenters. The van der Waals surface area contributed by atoms with Crippen molar-refractivity contribution in [3.8, 4) is 0 Å². The molecule has 0 aromatic carbocycles. The number of hydrogen-bond donors (Lipinski definition) is 2. The molecule has 0 bridgehead atoms.